The number of anilines is 1. The van der Waals surface area contributed by atoms with Gasteiger partial charge in [0.25, 0.3) is 0 Å². The van der Waals surface area contributed by atoms with E-state index in [1.807, 2.05) is 24.3 Å². The van der Waals surface area contributed by atoms with E-state index >= 15 is 0 Å². The molecule has 2 aliphatic heterocycles. The number of aryl methyl sites for hydroxylation is 1. The number of unbranched alkanes of at least 4 members (excludes halogenated alkanes) is 4. The van der Waals surface area contributed by atoms with Crippen molar-refractivity contribution in [3.8, 4) is 6.19 Å². The van der Waals surface area contributed by atoms with E-state index in [4.69, 9.17) is 4.74 Å². The number of esters is 1. The van der Waals surface area contributed by atoms with E-state index in [2.05, 4.69) is 34.1 Å². The van der Waals surface area contributed by atoms with Crippen LogP contribution in [0.15, 0.2) is 30.5 Å². The Kier molecular flexibility index (Phi) is 10.4. The lowest BCUT2D eigenvalue weighted by Gasteiger charge is -2.52. The Hall–Kier alpha value is -3.98. The second-order valence-electron chi connectivity index (χ2n) is 12.8. The summed E-state index contributed by atoms with van der Waals surface area (Å²) in [6.07, 6.45) is 11.1. The number of benzene rings is 1. The molecule has 0 radical (unpaired) electrons. The number of rotatable bonds is 13. The smallest absolute Gasteiger partial charge is 0.311 e. The fraction of sp³-hybridized carbons (Fsp3) is 0.636. The zero-order valence-electron chi connectivity index (χ0n) is 26.3. The third kappa shape index (κ3) is 6.69. The van der Waals surface area contributed by atoms with Gasteiger partial charge in [0.1, 0.15) is 5.69 Å². The molecule has 1 saturated heterocycles. The van der Waals surface area contributed by atoms with Gasteiger partial charge < -0.3 is 25.4 Å². The lowest BCUT2D eigenvalue weighted by molar-refractivity contribution is -0.160. The molecular weight excluding hydrogens is 574 g/mol. The molecule has 12 nitrogen and oxygen atoms in total. The minimum absolute atomic E-state index is 0.00970. The highest BCUT2D eigenvalue weighted by Crippen LogP contribution is 2.51. The zero-order chi connectivity index (χ0) is 32.0. The van der Waals surface area contributed by atoms with E-state index in [1.165, 1.54) is 20.0 Å². The molecule has 1 aromatic carbocycles. The molecule has 1 aromatic heterocycles. The zero-order valence-corrected chi connectivity index (χ0v) is 26.3. The van der Waals surface area contributed by atoms with Crippen LogP contribution in [0.2, 0.25) is 0 Å². The van der Waals surface area contributed by atoms with Crippen molar-refractivity contribution in [3.05, 3.63) is 41.7 Å². The van der Waals surface area contributed by atoms with Gasteiger partial charge in [-0.15, -0.1) is 5.10 Å². The number of carbonyl (C=O) groups excluding carboxylic acids is 3. The first-order valence-corrected chi connectivity index (χ1v) is 16.3. The second kappa shape index (κ2) is 14.4. The number of carbonyl (C=O) groups is 3. The SMILES string of the molecule is CCCCCCCC(=O)NCc1cn(CC[C@]2(C3CC4[C@@H](CC[C@H](O)[C@@H]4C(=O)OC)CN3C#N)C(=O)Nc3ccccc32)nn1. The lowest BCUT2D eigenvalue weighted by Crippen LogP contribution is -2.61. The van der Waals surface area contributed by atoms with Gasteiger partial charge in [0, 0.05) is 25.2 Å². The van der Waals surface area contributed by atoms with Crippen LogP contribution < -0.4 is 10.6 Å². The number of aromatic nitrogens is 3. The Labute approximate surface area is 264 Å². The van der Waals surface area contributed by atoms with Gasteiger partial charge in [-0.2, -0.15) is 5.26 Å². The number of likely N-dealkylation sites (tertiary alicyclic amines) is 1. The number of aliphatic hydroxyl groups excluding tert-OH is 1. The molecule has 3 aliphatic rings. The van der Waals surface area contributed by atoms with Crippen molar-refractivity contribution in [2.75, 3.05) is 19.0 Å². The Balaban J connectivity index is 1.35. The Morgan fingerprint density at radius 3 is 2.80 bits per heavy atom. The van der Waals surface area contributed by atoms with Gasteiger partial charge >= 0.3 is 5.97 Å². The van der Waals surface area contributed by atoms with Crippen molar-refractivity contribution in [3.63, 3.8) is 0 Å². The maximum absolute atomic E-state index is 14.1. The van der Waals surface area contributed by atoms with Crippen molar-refractivity contribution in [2.45, 2.75) is 102 Å². The minimum Gasteiger partial charge on any atom is -0.469 e. The molecule has 6 atom stereocenters. The molecule has 12 heteroatoms. The summed E-state index contributed by atoms with van der Waals surface area (Å²) in [5.74, 6) is -1.59. The third-order valence-corrected chi connectivity index (χ3v) is 10.1. The molecule has 2 fully saturated rings. The molecule has 1 saturated carbocycles. The number of hydrogen-bond acceptors (Lipinski definition) is 9. The van der Waals surface area contributed by atoms with Gasteiger partial charge in [-0.1, -0.05) is 56.0 Å². The average molecular weight is 620 g/mol. The Morgan fingerprint density at radius 2 is 2.02 bits per heavy atom. The summed E-state index contributed by atoms with van der Waals surface area (Å²) in [5, 5.41) is 35.7. The maximum atomic E-state index is 14.1. The first-order chi connectivity index (χ1) is 21.8. The summed E-state index contributed by atoms with van der Waals surface area (Å²) in [6, 6.07) is 6.98. The van der Waals surface area contributed by atoms with E-state index in [0.717, 1.165) is 24.8 Å². The number of ether oxygens (including phenoxy) is 1. The summed E-state index contributed by atoms with van der Waals surface area (Å²) >= 11 is 0. The summed E-state index contributed by atoms with van der Waals surface area (Å²) in [7, 11) is 1.33. The molecule has 45 heavy (non-hydrogen) atoms. The van der Waals surface area contributed by atoms with Gasteiger partial charge in [0.05, 0.1) is 43.3 Å². The number of hydrogen-bond donors (Lipinski definition) is 3. The molecular formula is C33H45N7O5. The average Bonchev–Trinajstić information content (AvgIpc) is 3.63. The minimum atomic E-state index is -1.11. The fourth-order valence-electron chi connectivity index (χ4n) is 7.80. The monoisotopic (exact) mass is 619 g/mol. The standard InChI is InChI=1S/C33H45N7O5/c1-3-4-5-6-7-12-29(42)35-18-23-20-40(38-37-23)16-15-33(25-10-8-9-11-26(25)36-32(33)44)28-17-24-22(19-39(28)21-34)13-14-27(41)30(24)31(43)45-2/h8-11,20,22,24,27-28,30,41H,3-7,12-19H2,1-2H3,(H,35,42)(H,36,44)/t22-,24?,27-,28?,30+,33-/m0/s1. The van der Waals surface area contributed by atoms with E-state index in [9.17, 15) is 24.8 Å². The van der Waals surface area contributed by atoms with Crippen LogP contribution in [0.25, 0.3) is 0 Å². The molecule has 3 heterocycles. The molecule has 3 N–H and O–H groups in total. The molecule has 2 unspecified atom stereocenters. The Morgan fingerprint density at radius 1 is 1.22 bits per heavy atom. The van der Waals surface area contributed by atoms with Crippen molar-refractivity contribution in [2.24, 2.45) is 17.8 Å². The topological polar surface area (TPSA) is 162 Å². The van der Waals surface area contributed by atoms with Gasteiger partial charge in [0.15, 0.2) is 6.19 Å². The largest absolute Gasteiger partial charge is 0.469 e. The Bertz CT molecular complexity index is 1410. The predicted octanol–water partition coefficient (Wildman–Crippen LogP) is 3.27. The quantitative estimate of drug-likeness (QED) is 0.174. The first kappa shape index (κ1) is 32.4. The molecule has 0 bridgehead atoms. The number of methoxy groups -OCH3 is 1. The van der Waals surface area contributed by atoms with Gasteiger partial charge in [0.2, 0.25) is 11.8 Å². The molecule has 2 amide bonds. The highest BCUT2D eigenvalue weighted by atomic mass is 16.5. The summed E-state index contributed by atoms with van der Waals surface area (Å²) in [5.41, 5.74) is 1.01. The predicted molar refractivity (Wildman–Crippen MR) is 165 cm³/mol. The van der Waals surface area contributed by atoms with Crippen molar-refractivity contribution in [1.82, 2.24) is 25.2 Å². The summed E-state index contributed by atoms with van der Waals surface area (Å²) in [4.78, 5) is 41.0. The van der Waals surface area contributed by atoms with Crippen LogP contribution in [0.1, 0.15) is 82.4 Å². The van der Waals surface area contributed by atoms with Crippen LogP contribution in [0.4, 0.5) is 5.69 Å². The van der Waals surface area contributed by atoms with Crippen molar-refractivity contribution in [1.29, 1.82) is 5.26 Å². The van der Waals surface area contributed by atoms with Crippen LogP contribution >= 0.6 is 0 Å². The number of aliphatic hydroxyl groups is 1. The van der Waals surface area contributed by atoms with Crippen molar-refractivity contribution < 1.29 is 24.2 Å². The normalized spacial score (nSPS) is 27.2. The first-order valence-electron chi connectivity index (χ1n) is 16.3. The van der Waals surface area contributed by atoms with Crippen LogP contribution in [0, 0.1) is 29.2 Å². The van der Waals surface area contributed by atoms with E-state index in [-0.39, 0.29) is 30.2 Å². The number of para-hydroxylation sites is 1. The number of nitriles is 1. The van der Waals surface area contributed by atoms with Gasteiger partial charge in [-0.05, 0) is 55.6 Å². The van der Waals surface area contributed by atoms with Crippen LogP contribution in [0.5, 0.6) is 0 Å². The second-order valence-corrected chi connectivity index (χ2v) is 12.8. The van der Waals surface area contributed by atoms with E-state index < -0.39 is 29.4 Å². The molecule has 2 aromatic rings. The third-order valence-electron chi connectivity index (χ3n) is 10.1. The van der Waals surface area contributed by atoms with E-state index in [1.54, 1.807) is 15.8 Å². The molecule has 5 rings (SSSR count). The lowest BCUT2D eigenvalue weighted by atomic mass is 9.60. The van der Waals surface area contributed by atoms with Gasteiger partial charge in [-0.25, -0.2) is 0 Å². The maximum Gasteiger partial charge on any atom is 0.311 e. The highest BCUT2D eigenvalue weighted by molar-refractivity contribution is 6.07. The van der Waals surface area contributed by atoms with Crippen molar-refractivity contribution >= 4 is 23.5 Å². The number of nitrogens with one attached hydrogen (secondary N) is 2. The molecule has 1 aliphatic carbocycles. The molecule has 242 valence electrons. The molecule has 0 spiro atoms. The van der Waals surface area contributed by atoms with Gasteiger partial charge in [-0.3, -0.25) is 19.1 Å². The van der Waals surface area contributed by atoms with E-state index in [0.29, 0.717) is 56.6 Å². The highest BCUT2D eigenvalue weighted by Gasteiger charge is 2.58. The summed E-state index contributed by atoms with van der Waals surface area (Å²) in [6.45, 7) is 3.17. The van der Waals surface area contributed by atoms with Crippen LogP contribution in [-0.4, -0.2) is 68.6 Å². The number of amides is 2. The van der Waals surface area contributed by atoms with Crippen LogP contribution in [-0.2, 0) is 37.6 Å². The number of fused-ring (bicyclic) bond motifs is 2. The van der Waals surface area contributed by atoms with Crippen LogP contribution in [0.3, 0.4) is 0 Å². The number of piperidine rings is 1. The summed E-state index contributed by atoms with van der Waals surface area (Å²) < 4.78 is 6.77. The number of nitrogens with zero attached hydrogens (tertiary/aromatic N) is 5. The fourth-order valence-corrected chi connectivity index (χ4v) is 7.80.